The Morgan fingerprint density at radius 2 is 2.11 bits per heavy atom. The molecule has 0 aromatic carbocycles. The third-order valence-electron chi connectivity index (χ3n) is 3.30. The molecule has 3 nitrogen and oxygen atoms in total. The fraction of sp³-hybridized carbons (Fsp3) is 0.571. The summed E-state index contributed by atoms with van der Waals surface area (Å²) >= 11 is 6.24. The summed E-state index contributed by atoms with van der Waals surface area (Å²) in [6.07, 6.45) is 3.03. The van der Waals surface area contributed by atoms with Gasteiger partial charge in [-0.3, -0.25) is 0 Å². The number of alkyl halides is 1. The van der Waals surface area contributed by atoms with Crippen molar-refractivity contribution in [3.63, 3.8) is 0 Å². The van der Waals surface area contributed by atoms with Gasteiger partial charge >= 0.3 is 0 Å². The molecule has 2 rings (SSSR count). The van der Waals surface area contributed by atoms with Gasteiger partial charge in [0, 0.05) is 12.7 Å². The minimum Gasteiger partial charge on any atom is -0.311 e. The van der Waals surface area contributed by atoms with E-state index < -0.39 is 0 Å². The molecule has 0 aliphatic carbocycles. The number of imidazole rings is 1. The number of fused-ring (bicyclic) bond motifs is 1. The van der Waals surface area contributed by atoms with E-state index >= 15 is 0 Å². The van der Waals surface area contributed by atoms with Crippen LogP contribution in [0.5, 0.6) is 0 Å². The van der Waals surface area contributed by atoms with Crippen molar-refractivity contribution in [2.24, 2.45) is 5.92 Å². The van der Waals surface area contributed by atoms with Crippen LogP contribution < -0.4 is 0 Å². The van der Waals surface area contributed by atoms with E-state index in [2.05, 4.69) is 34.4 Å². The monoisotopic (exact) mass is 265 g/mol. The Bertz CT molecular complexity index is 545. The number of pyridine rings is 1. The molecule has 0 aliphatic heterocycles. The normalized spacial score (nSPS) is 14.9. The zero-order valence-electron chi connectivity index (χ0n) is 11.4. The van der Waals surface area contributed by atoms with Gasteiger partial charge in [0.05, 0.1) is 5.38 Å². The number of aryl methyl sites for hydroxylation is 1. The summed E-state index contributed by atoms with van der Waals surface area (Å²) < 4.78 is 2.17. The first-order chi connectivity index (χ1) is 8.52. The Balaban J connectivity index is 2.55. The summed E-state index contributed by atoms with van der Waals surface area (Å²) in [6.45, 7) is 9.36. The zero-order valence-corrected chi connectivity index (χ0v) is 12.2. The summed E-state index contributed by atoms with van der Waals surface area (Å²) in [7, 11) is 0. The number of hydrogen-bond acceptors (Lipinski definition) is 2. The predicted octanol–water partition coefficient (Wildman–Crippen LogP) is 4.09. The molecule has 0 amide bonds. The smallest absolute Gasteiger partial charge is 0.160 e. The molecule has 0 spiro atoms. The molecule has 0 aliphatic rings. The van der Waals surface area contributed by atoms with E-state index in [0.717, 1.165) is 35.5 Å². The summed E-state index contributed by atoms with van der Waals surface area (Å²) in [6, 6.07) is 2.07. The Hall–Kier alpha value is -1.09. The Labute approximate surface area is 113 Å². The van der Waals surface area contributed by atoms with Crippen molar-refractivity contribution in [3.8, 4) is 0 Å². The number of rotatable bonds is 4. The van der Waals surface area contributed by atoms with E-state index in [1.165, 1.54) is 0 Å². The van der Waals surface area contributed by atoms with Crippen LogP contribution in [-0.4, -0.2) is 14.5 Å². The lowest BCUT2D eigenvalue weighted by Crippen LogP contribution is -2.11. The minimum absolute atomic E-state index is 0.0939. The Morgan fingerprint density at radius 1 is 1.39 bits per heavy atom. The van der Waals surface area contributed by atoms with E-state index in [0.29, 0.717) is 5.92 Å². The molecule has 2 aromatic rings. The quantitative estimate of drug-likeness (QED) is 0.780. The molecule has 0 radical (unpaired) electrons. The van der Waals surface area contributed by atoms with Gasteiger partial charge in [-0.1, -0.05) is 20.3 Å². The van der Waals surface area contributed by atoms with Crippen molar-refractivity contribution in [2.45, 2.75) is 46.0 Å². The number of hydrogen-bond donors (Lipinski definition) is 0. The van der Waals surface area contributed by atoms with Gasteiger partial charge in [-0.2, -0.15) is 0 Å². The summed E-state index contributed by atoms with van der Waals surface area (Å²) in [5.74, 6) is 1.52. The Morgan fingerprint density at radius 3 is 2.72 bits per heavy atom. The topological polar surface area (TPSA) is 30.7 Å². The molecule has 0 bridgehead atoms. The maximum absolute atomic E-state index is 6.24. The zero-order chi connectivity index (χ0) is 13.3. The third kappa shape index (κ3) is 2.51. The van der Waals surface area contributed by atoms with Gasteiger partial charge < -0.3 is 4.57 Å². The lowest BCUT2D eigenvalue weighted by molar-refractivity contribution is 0.464. The SMILES string of the molecule is CCC(C)Cn1c(C(C)Cl)nc2cc(C)cnc21. The average molecular weight is 266 g/mol. The molecular weight excluding hydrogens is 246 g/mol. The van der Waals surface area contributed by atoms with E-state index in [-0.39, 0.29) is 5.38 Å². The maximum atomic E-state index is 6.24. The minimum atomic E-state index is -0.0939. The number of halogens is 1. The van der Waals surface area contributed by atoms with Crippen LogP contribution >= 0.6 is 11.6 Å². The van der Waals surface area contributed by atoms with Gasteiger partial charge in [0.2, 0.25) is 0 Å². The largest absolute Gasteiger partial charge is 0.311 e. The third-order valence-corrected chi connectivity index (χ3v) is 3.49. The highest BCUT2D eigenvalue weighted by molar-refractivity contribution is 6.20. The second kappa shape index (κ2) is 5.27. The molecular formula is C14H20ClN3. The van der Waals surface area contributed by atoms with Crippen molar-refractivity contribution < 1.29 is 0 Å². The van der Waals surface area contributed by atoms with Crippen LogP contribution in [0.3, 0.4) is 0 Å². The second-order valence-corrected chi connectivity index (χ2v) is 5.72. The summed E-state index contributed by atoms with van der Waals surface area (Å²) in [5, 5.41) is -0.0939. The first-order valence-electron chi connectivity index (χ1n) is 6.49. The predicted molar refractivity (Wildman–Crippen MR) is 76.0 cm³/mol. The highest BCUT2D eigenvalue weighted by Gasteiger charge is 2.17. The van der Waals surface area contributed by atoms with Crippen molar-refractivity contribution in [1.82, 2.24) is 14.5 Å². The van der Waals surface area contributed by atoms with Gasteiger partial charge in [-0.25, -0.2) is 9.97 Å². The van der Waals surface area contributed by atoms with Gasteiger partial charge in [0.1, 0.15) is 11.3 Å². The molecule has 98 valence electrons. The molecule has 0 saturated heterocycles. The number of aromatic nitrogens is 3. The molecule has 4 heteroatoms. The standard InChI is InChI=1S/C14H20ClN3/c1-5-9(2)8-18-13(11(4)15)17-12-6-10(3)7-16-14(12)18/h6-7,9,11H,5,8H2,1-4H3. The van der Waals surface area contributed by atoms with Crippen LogP contribution in [0.25, 0.3) is 11.2 Å². The molecule has 2 atom stereocenters. The van der Waals surface area contributed by atoms with Crippen LogP contribution in [0.1, 0.15) is 44.0 Å². The van der Waals surface area contributed by atoms with Crippen LogP contribution in [0, 0.1) is 12.8 Å². The molecule has 2 heterocycles. The van der Waals surface area contributed by atoms with Crippen molar-refractivity contribution >= 4 is 22.8 Å². The lowest BCUT2D eigenvalue weighted by Gasteiger charge is -2.14. The van der Waals surface area contributed by atoms with Crippen LogP contribution in [0.2, 0.25) is 0 Å². The molecule has 0 fully saturated rings. The van der Waals surface area contributed by atoms with Gasteiger partial charge in [0.25, 0.3) is 0 Å². The second-order valence-electron chi connectivity index (χ2n) is 5.07. The van der Waals surface area contributed by atoms with Gasteiger partial charge in [-0.15, -0.1) is 11.6 Å². The van der Waals surface area contributed by atoms with Crippen LogP contribution in [-0.2, 0) is 6.54 Å². The van der Waals surface area contributed by atoms with Gasteiger partial charge in [0.15, 0.2) is 5.65 Å². The van der Waals surface area contributed by atoms with Crippen molar-refractivity contribution in [2.75, 3.05) is 0 Å². The first kappa shape index (κ1) is 13.3. The molecule has 0 saturated carbocycles. The molecule has 2 aromatic heterocycles. The highest BCUT2D eigenvalue weighted by atomic mass is 35.5. The molecule has 2 unspecified atom stereocenters. The van der Waals surface area contributed by atoms with E-state index in [1.807, 2.05) is 20.0 Å². The lowest BCUT2D eigenvalue weighted by atomic mass is 10.1. The number of nitrogens with zero attached hydrogens (tertiary/aromatic N) is 3. The van der Waals surface area contributed by atoms with E-state index in [1.54, 1.807) is 0 Å². The highest BCUT2D eigenvalue weighted by Crippen LogP contribution is 2.25. The fourth-order valence-corrected chi connectivity index (χ4v) is 2.22. The summed E-state index contributed by atoms with van der Waals surface area (Å²) in [4.78, 5) is 9.14. The first-order valence-corrected chi connectivity index (χ1v) is 6.93. The average Bonchev–Trinajstić information content (AvgIpc) is 2.67. The van der Waals surface area contributed by atoms with Crippen molar-refractivity contribution in [1.29, 1.82) is 0 Å². The van der Waals surface area contributed by atoms with Crippen LogP contribution in [0.15, 0.2) is 12.3 Å². The van der Waals surface area contributed by atoms with Crippen LogP contribution in [0.4, 0.5) is 0 Å². The molecule has 0 N–H and O–H groups in total. The summed E-state index contributed by atoms with van der Waals surface area (Å²) in [5.41, 5.74) is 3.02. The Kier molecular flexibility index (Phi) is 3.91. The van der Waals surface area contributed by atoms with E-state index in [9.17, 15) is 0 Å². The maximum Gasteiger partial charge on any atom is 0.160 e. The van der Waals surface area contributed by atoms with Gasteiger partial charge in [-0.05, 0) is 31.4 Å². The fourth-order valence-electron chi connectivity index (χ4n) is 2.05. The molecule has 18 heavy (non-hydrogen) atoms. The van der Waals surface area contributed by atoms with Crippen molar-refractivity contribution in [3.05, 3.63) is 23.7 Å². The van der Waals surface area contributed by atoms with E-state index in [4.69, 9.17) is 11.6 Å².